The normalized spacial score (nSPS) is 18.6. The van der Waals surface area contributed by atoms with Gasteiger partial charge in [0.15, 0.2) is 0 Å². The van der Waals surface area contributed by atoms with E-state index in [0.717, 1.165) is 50.1 Å². The minimum atomic E-state index is -0.692. The molecule has 1 aliphatic rings. The van der Waals surface area contributed by atoms with Gasteiger partial charge in [0.05, 0.1) is 31.8 Å². The maximum absolute atomic E-state index is 11.2. The van der Waals surface area contributed by atoms with Crippen LogP contribution in [0.1, 0.15) is 64.4 Å². The zero-order valence-electron chi connectivity index (χ0n) is 14.9. The van der Waals surface area contributed by atoms with E-state index in [9.17, 15) is 5.11 Å². The van der Waals surface area contributed by atoms with Gasteiger partial charge in [0, 0.05) is 6.42 Å². The molecule has 1 fully saturated rings. The van der Waals surface area contributed by atoms with Gasteiger partial charge in [0.25, 0.3) is 0 Å². The third kappa shape index (κ3) is 5.50. The van der Waals surface area contributed by atoms with Crippen LogP contribution in [0.15, 0.2) is 24.3 Å². The number of rotatable bonds is 9. The summed E-state index contributed by atoms with van der Waals surface area (Å²) in [5.74, 6) is 0.899. The van der Waals surface area contributed by atoms with E-state index in [-0.39, 0.29) is 0 Å². The number of nitrogens with one attached hydrogen (secondary N) is 1. The summed E-state index contributed by atoms with van der Waals surface area (Å²) < 4.78 is 5.65. The summed E-state index contributed by atoms with van der Waals surface area (Å²) in [6.45, 7) is 8.62. The summed E-state index contributed by atoms with van der Waals surface area (Å²) in [7, 11) is 0. The SMILES string of the molecule is CCCOc1ccc([C@@](O)(CCC)CC[NH+]2CCCCC2)cc1. The van der Waals surface area contributed by atoms with Gasteiger partial charge in [0.1, 0.15) is 5.75 Å². The largest absolute Gasteiger partial charge is 0.494 e. The van der Waals surface area contributed by atoms with Crippen LogP contribution in [0.25, 0.3) is 0 Å². The minimum absolute atomic E-state index is 0.692. The first kappa shape index (κ1) is 18.3. The van der Waals surface area contributed by atoms with Crippen LogP contribution < -0.4 is 9.64 Å². The molecular formula is C20H34NO2+. The topological polar surface area (TPSA) is 33.9 Å². The second-order valence-corrected chi connectivity index (χ2v) is 6.97. The number of benzene rings is 1. The van der Waals surface area contributed by atoms with Gasteiger partial charge in [-0.05, 0) is 49.8 Å². The molecule has 3 heteroatoms. The first-order valence-electron chi connectivity index (χ1n) is 9.47. The van der Waals surface area contributed by atoms with Crippen molar-refractivity contribution in [3.8, 4) is 5.75 Å². The van der Waals surface area contributed by atoms with E-state index < -0.39 is 5.60 Å². The number of piperidine rings is 1. The molecule has 3 nitrogen and oxygen atoms in total. The highest BCUT2D eigenvalue weighted by molar-refractivity contribution is 5.31. The second kappa shape index (κ2) is 9.29. The Balaban J connectivity index is 1.99. The molecule has 1 aromatic rings. The first-order valence-corrected chi connectivity index (χ1v) is 9.47. The number of hydrogen-bond acceptors (Lipinski definition) is 2. The highest BCUT2D eigenvalue weighted by Crippen LogP contribution is 2.31. The van der Waals surface area contributed by atoms with E-state index in [1.54, 1.807) is 4.90 Å². The molecule has 1 aromatic carbocycles. The molecule has 0 spiro atoms. The van der Waals surface area contributed by atoms with E-state index >= 15 is 0 Å². The van der Waals surface area contributed by atoms with Crippen molar-refractivity contribution >= 4 is 0 Å². The van der Waals surface area contributed by atoms with Crippen LogP contribution in [0.4, 0.5) is 0 Å². The molecule has 0 aromatic heterocycles. The van der Waals surface area contributed by atoms with Crippen molar-refractivity contribution in [2.45, 2.75) is 64.4 Å². The van der Waals surface area contributed by atoms with E-state index in [2.05, 4.69) is 13.8 Å². The number of hydrogen-bond donors (Lipinski definition) is 2. The van der Waals surface area contributed by atoms with Crippen LogP contribution in [0, 0.1) is 0 Å². The lowest BCUT2D eigenvalue weighted by molar-refractivity contribution is -0.905. The minimum Gasteiger partial charge on any atom is -0.494 e. The summed E-state index contributed by atoms with van der Waals surface area (Å²) in [5, 5.41) is 11.2. The predicted molar refractivity (Wildman–Crippen MR) is 95.1 cm³/mol. The van der Waals surface area contributed by atoms with E-state index in [1.165, 1.54) is 32.4 Å². The van der Waals surface area contributed by atoms with Crippen LogP contribution in [0.5, 0.6) is 5.75 Å². The van der Waals surface area contributed by atoms with Crippen molar-refractivity contribution in [2.75, 3.05) is 26.2 Å². The first-order chi connectivity index (χ1) is 11.2. The molecule has 1 atom stereocenters. The van der Waals surface area contributed by atoms with Crippen molar-refractivity contribution in [1.82, 2.24) is 0 Å². The third-order valence-corrected chi connectivity index (χ3v) is 4.98. The lowest BCUT2D eigenvalue weighted by Crippen LogP contribution is -3.13. The number of likely N-dealkylation sites (tertiary alicyclic amines) is 1. The van der Waals surface area contributed by atoms with Crippen molar-refractivity contribution in [1.29, 1.82) is 0 Å². The van der Waals surface area contributed by atoms with Crippen molar-refractivity contribution < 1.29 is 14.7 Å². The molecule has 2 rings (SSSR count). The molecule has 0 amide bonds. The monoisotopic (exact) mass is 320 g/mol. The molecular weight excluding hydrogens is 286 g/mol. The lowest BCUT2D eigenvalue weighted by Gasteiger charge is -2.31. The second-order valence-electron chi connectivity index (χ2n) is 6.97. The molecule has 0 aliphatic carbocycles. The zero-order valence-corrected chi connectivity index (χ0v) is 14.9. The van der Waals surface area contributed by atoms with Crippen LogP contribution in [-0.2, 0) is 5.60 Å². The highest BCUT2D eigenvalue weighted by Gasteiger charge is 2.30. The van der Waals surface area contributed by atoms with Crippen LogP contribution in [0.3, 0.4) is 0 Å². The summed E-state index contributed by atoms with van der Waals surface area (Å²) in [6.07, 6.45) is 7.75. The molecule has 1 heterocycles. The predicted octanol–water partition coefficient (Wildman–Crippen LogP) is 2.92. The lowest BCUT2D eigenvalue weighted by atomic mass is 9.86. The molecule has 0 radical (unpaired) electrons. The summed E-state index contributed by atoms with van der Waals surface area (Å²) in [5.41, 5.74) is 0.349. The maximum atomic E-state index is 11.2. The summed E-state index contributed by atoms with van der Waals surface area (Å²) >= 11 is 0. The van der Waals surface area contributed by atoms with Gasteiger partial charge in [-0.15, -0.1) is 0 Å². The Hall–Kier alpha value is -1.06. The van der Waals surface area contributed by atoms with Crippen LogP contribution in [-0.4, -0.2) is 31.3 Å². The van der Waals surface area contributed by atoms with Gasteiger partial charge in [0.2, 0.25) is 0 Å². The zero-order chi connectivity index (χ0) is 16.5. The van der Waals surface area contributed by atoms with Gasteiger partial charge in [-0.2, -0.15) is 0 Å². The average molecular weight is 320 g/mol. The van der Waals surface area contributed by atoms with E-state index in [4.69, 9.17) is 4.74 Å². The Bertz CT molecular complexity index is 439. The molecule has 1 aliphatic heterocycles. The number of quaternary nitrogens is 1. The molecule has 130 valence electrons. The summed E-state index contributed by atoms with van der Waals surface area (Å²) in [4.78, 5) is 1.66. The van der Waals surface area contributed by atoms with Crippen LogP contribution in [0.2, 0.25) is 0 Å². The van der Waals surface area contributed by atoms with E-state index in [0.29, 0.717) is 0 Å². The fourth-order valence-electron chi connectivity index (χ4n) is 3.59. The average Bonchev–Trinajstić information content (AvgIpc) is 2.60. The Morgan fingerprint density at radius 3 is 2.30 bits per heavy atom. The van der Waals surface area contributed by atoms with Crippen molar-refractivity contribution in [2.24, 2.45) is 0 Å². The Morgan fingerprint density at radius 1 is 1.00 bits per heavy atom. The quantitative estimate of drug-likeness (QED) is 0.733. The van der Waals surface area contributed by atoms with Gasteiger partial charge < -0.3 is 14.7 Å². The molecule has 0 saturated carbocycles. The Morgan fingerprint density at radius 2 is 1.70 bits per heavy atom. The highest BCUT2D eigenvalue weighted by atomic mass is 16.5. The fourth-order valence-corrected chi connectivity index (χ4v) is 3.59. The number of ether oxygens (including phenoxy) is 1. The van der Waals surface area contributed by atoms with Crippen molar-refractivity contribution in [3.05, 3.63) is 29.8 Å². The van der Waals surface area contributed by atoms with Crippen molar-refractivity contribution in [3.63, 3.8) is 0 Å². The molecule has 0 bridgehead atoms. The Kier molecular flexibility index (Phi) is 7.38. The molecule has 23 heavy (non-hydrogen) atoms. The fraction of sp³-hybridized carbons (Fsp3) is 0.700. The number of aliphatic hydroxyl groups is 1. The third-order valence-electron chi connectivity index (χ3n) is 4.98. The van der Waals surface area contributed by atoms with Gasteiger partial charge in [-0.1, -0.05) is 32.4 Å². The maximum Gasteiger partial charge on any atom is 0.119 e. The molecule has 1 saturated heterocycles. The molecule has 0 unspecified atom stereocenters. The summed E-state index contributed by atoms with van der Waals surface area (Å²) in [6, 6.07) is 8.09. The smallest absolute Gasteiger partial charge is 0.119 e. The standard InChI is InChI=1S/C20H33NO2/c1-3-12-20(22,13-16-21-14-6-5-7-15-21)18-8-10-19(11-9-18)23-17-4-2/h8-11,22H,3-7,12-17H2,1-2H3/p+1/t20-/m1/s1. The van der Waals surface area contributed by atoms with Crippen LogP contribution >= 0.6 is 0 Å². The van der Waals surface area contributed by atoms with E-state index in [1.807, 2.05) is 24.3 Å². The van der Waals surface area contributed by atoms with Gasteiger partial charge in [-0.25, -0.2) is 0 Å². The van der Waals surface area contributed by atoms with Gasteiger partial charge >= 0.3 is 0 Å². The van der Waals surface area contributed by atoms with Gasteiger partial charge in [-0.3, -0.25) is 0 Å². The Labute approximate surface area is 141 Å². The molecule has 2 N–H and O–H groups in total.